The molecule has 1 amide bonds. The summed E-state index contributed by atoms with van der Waals surface area (Å²) in [5.74, 6) is -1.47. The first kappa shape index (κ1) is 15.4. The number of rotatable bonds is 7. The van der Waals surface area contributed by atoms with Crippen LogP contribution in [-0.2, 0) is 9.59 Å². The van der Waals surface area contributed by atoms with Crippen LogP contribution >= 0.6 is 0 Å². The Balaban J connectivity index is 1.87. The molecule has 1 fully saturated rings. The summed E-state index contributed by atoms with van der Waals surface area (Å²) >= 11 is 0. The third-order valence-corrected chi connectivity index (χ3v) is 3.50. The molecule has 6 heteroatoms. The quantitative estimate of drug-likeness (QED) is 0.800. The zero-order valence-electron chi connectivity index (χ0n) is 11.9. The molecule has 1 aromatic carbocycles. The molecule has 0 saturated heterocycles. The van der Waals surface area contributed by atoms with Gasteiger partial charge in [-0.3, -0.25) is 14.5 Å². The van der Waals surface area contributed by atoms with Crippen LogP contribution in [0.1, 0.15) is 31.4 Å². The second-order valence-corrected chi connectivity index (χ2v) is 5.37. The molecule has 114 valence electrons. The van der Waals surface area contributed by atoms with Crippen LogP contribution in [-0.4, -0.2) is 41.0 Å². The first-order chi connectivity index (χ1) is 9.95. The summed E-state index contributed by atoms with van der Waals surface area (Å²) in [7, 11) is 0. The van der Waals surface area contributed by atoms with Gasteiger partial charge < -0.3 is 10.4 Å². The van der Waals surface area contributed by atoms with E-state index in [-0.39, 0.29) is 36.9 Å². The van der Waals surface area contributed by atoms with Gasteiger partial charge in [-0.25, -0.2) is 4.39 Å². The summed E-state index contributed by atoms with van der Waals surface area (Å²) in [6, 6.07) is 5.89. The zero-order chi connectivity index (χ0) is 15.4. The lowest BCUT2D eigenvalue weighted by Gasteiger charge is -2.21. The van der Waals surface area contributed by atoms with E-state index >= 15 is 0 Å². The van der Waals surface area contributed by atoms with E-state index in [1.807, 2.05) is 6.92 Å². The molecule has 0 bridgehead atoms. The minimum absolute atomic E-state index is 0.0719. The molecular weight excluding hydrogens is 275 g/mol. The second kappa shape index (κ2) is 6.67. The van der Waals surface area contributed by atoms with Gasteiger partial charge in [-0.1, -0.05) is 12.1 Å². The topological polar surface area (TPSA) is 69.6 Å². The SMILES string of the molecule is CC(NC(=O)CN(CC(=O)O)C1CC1)c1ccc(F)cc1. The number of amides is 1. The summed E-state index contributed by atoms with van der Waals surface area (Å²) in [6.45, 7) is 1.76. The highest BCUT2D eigenvalue weighted by atomic mass is 19.1. The molecular formula is C15H19FN2O3. The minimum atomic E-state index is -0.929. The maximum absolute atomic E-state index is 12.9. The van der Waals surface area contributed by atoms with Gasteiger partial charge in [-0.2, -0.15) is 0 Å². The highest BCUT2D eigenvalue weighted by molar-refractivity contribution is 5.79. The van der Waals surface area contributed by atoms with Crippen molar-refractivity contribution in [2.24, 2.45) is 0 Å². The molecule has 0 aliphatic heterocycles. The molecule has 1 atom stereocenters. The average Bonchev–Trinajstić information content (AvgIpc) is 3.22. The van der Waals surface area contributed by atoms with E-state index in [0.717, 1.165) is 18.4 Å². The van der Waals surface area contributed by atoms with Crippen LogP contribution in [0.15, 0.2) is 24.3 Å². The molecule has 0 aromatic heterocycles. The van der Waals surface area contributed by atoms with E-state index < -0.39 is 5.97 Å². The number of hydrogen-bond donors (Lipinski definition) is 2. The number of carbonyl (C=O) groups excluding carboxylic acids is 1. The molecule has 0 heterocycles. The third-order valence-electron chi connectivity index (χ3n) is 3.50. The van der Waals surface area contributed by atoms with Gasteiger partial charge in [0.2, 0.25) is 5.91 Å². The van der Waals surface area contributed by atoms with Crippen molar-refractivity contribution in [3.63, 3.8) is 0 Å². The standard InChI is InChI=1S/C15H19FN2O3/c1-10(11-2-4-12(16)5-3-11)17-14(19)8-18(9-15(20)21)13-6-7-13/h2-5,10,13H,6-9H2,1H3,(H,17,19)(H,20,21). The molecule has 0 spiro atoms. The summed E-state index contributed by atoms with van der Waals surface area (Å²) in [5, 5.41) is 11.7. The monoisotopic (exact) mass is 294 g/mol. The lowest BCUT2D eigenvalue weighted by Crippen LogP contribution is -2.41. The summed E-state index contributed by atoms with van der Waals surface area (Å²) < 4.78 is 12.9. The molecule has 1 aliphatic carbocycles. The van der Waals surface area contributed by atoms with Crippen LogP contribution in [0.3, 0.4) is 0 Å². The van der Waals surface area contributed by atoms with E-state index in [0.29, 0.717) is 0 Å². The van der Waals surface area contributed by atoms with Gasteiger partial charge in [0.05, 0.1) is 19.1 Å². The molecule has 21 heavy (non-hydrogen) atoms. The van der Waals surface area contributed by atoms with Crippen molar-refractivity contribution in [2.75, 3.05) is 13.1 Å². The van der Waals surface area contributed by atoms with Crippen LogP contribution < -0.4 is 5.32 Å². The summed E-state index contributed by atoms with van der Waals surface area (Å²) in [5.41, 5.74) is 0.806. The van der Waals surface area contributed by atoms with E-state index in [1.165, 1.54) is 12.1 Å². The van der Waals surface area contributed by atoms with E-state index in [9.17, 15) is 14.0 Å². The van der Waals surface area contributed by atoms with Crippen molar-refractivity contribution < 1.29 is 19.1 Å². The average molecular weight is 294 g/mol. The Bertz CT molecular complexity index is 514. The summed E-state index contributed by atoms with van der Waals surface area (Å²) in [4.78, 5) is 24.5. The first-order valence-corrected chi connectivity index (χ1v) is 6.96. The van der Waals surface area contributed by atoms with Crippen molar-refractivity contribution in [3.8, 4) is 0 Å². The van der Waals surface area contributed by atoms with Crippen LogP contribution in [0.4, 0.5) is 4.39 Å². The normalized spacial score (nSPS) is 15.8. The number of nitrogens with one attached hydrogen (secondary N) is 1. The minimum Gasteiger partial charge on any atom is -0.480 e. The van der Waals surface area contributed by atoms with Crippen LogP contribution in [0.25, 0.3) is 0 Å². The second-order valence-electron chi connectivity index (χ2n) is 5.37. The third kappa shape index (κ3) is 4.82. The Kier molecular flexibility index (Phi) is 4.90. The number of halogens is 1. The maximum Gasteiger partial charge on any atom is 0.317 e. The summed E-state index contributed by atoms with van der Waals surface area (Å²) in [6.07, 6.45) is 1.88. The molecule has 1 saturated carbocycles. The molecule has 1 aliphatic rings. The molecule has 1 aromatic rings. The van der Waals surface area contributed by atoms with Crippen LogP contribution in [0, 0.1) is 5.82 Å². The highest BCUT2D eigenvalue weighted by Gasteiger charge is 2.31. The Hall–Kier alpha value is -1.95. The van der Waals surface area contributed by atoms with Gasteiger partial charge >= 0.3 is 5.97 Å². The first-order valence-electron chi connectivity index (χ1n) is 6.96. The Morgan fingerprint density at radius 2 is 1.95 bits per heavy atom. The number of hydrogen-bond acceptors (Lipinski definition) is 3. The number of carboxylic acid groups (broad SMARTS) is 1. The predicted octanol–water partition coefficient (Wildman–Crippen LogP) is 1.55. The van der Waals surface area contributed by atoms with Gasteiger partial charge in [0.1, 0.15) is 5.82 Å². The van der Waals surface area contributed by atoms with Crippen molar-refractivity contribution >= 4 is 11.9 Å². The molecule has 0 radical (unpaired) electrons. The van der Waals surface area contributed by atoms with Crippen molar-refractivity contribution in [1.29, 1.82) is 0 Å². The molecule has 2 rings (SSSR count). The molecule has 5 nitrogen and oxygen atoms in total. The smallest absolute Gasteiger partial charge is 0.317 e. The fourth-order valence-corrected chi connectivity index (χ4v) is 2.23. The van der Waals surface area contributed by atoms with E-state index in [2.05, 4.69) is 5.32 Å². The number of carboxylic acids is 1. The van der Waals surface area contributed by atoms with Crippen molar-refractivity contribution in [3.05, 3.63) is 35.6 Å². The van der Waals surface area contributed by atoms with Crippen LogP contribution in [0.2, 0.25) is 0 Å². The number of aliphatic carboxylic acids is 1. The predicted molar refractivity (Wildman–Crippen MR) is 75.2 cm³/mol. The Morgan fingerprint density at radius 1 is 1.33 bits per heavy atom. The maximum atomic E-state index is 12.9. The van der Waals surface area contributed by atoms with Crippen molar-refractivity contribution in [2.45, 2.75) is 31.8 Å². The van der Waals surface area contributed by atoms with Gasteiger partial charge in [-0.05, 0) is 37.5 Å². The number of nitrogens with zero attached hydrogens (tertiary/aromatic N) is 1. The highest BCUT2D eigenvalue weighted by Crippen LogP contribution is 2.26. The van der Waals surface area contributed by atoms with Gasteiger partial charge in [0.25, 0.3) is 0 Å². The molecule has 1 unspecified atom stereocenters. The van der Waals surface area contributed by atoms with Crippen LogP contribution in [0.5, 0.6) is 0 Å². The zero-order valence-corrected chi connectivity index (χ0v) is 11.9. The fourth-order valence-electron chi connectivity index (χ4n) is 2.23. The van der Waals surface area contributed by atoms with Gasteiger partial charge in [0.15, 0.2) is 0 Å². The van der Waals surface area contributed by atoms with Crippen molar-refractivity contribution in [1.82, 2.24) is 10.2 Å². The lowest BCUT2D eigenvalue weighted by molar-refractivity contribution is -0.139. The van der Waals surface area contributed by atoms with Gasteiger partial charge in [0, 0.05) is 6.04 Å². The van der Waals surface area contributed by atoms with E-state index in [1.54, 1.807) is 17.0 Å². The number of benzene rings is 1. The lowest BCUT2D eigenvalue weighted by atomic mass is 10.1. The van der Waals surface area contributed by atoms with E-state index in [4.69, 9.17) is 5.11 Å². The Morgan fingerprint density at radius 3 is 2.48 bits per heavy atom. The largest absolute Gasteiger partial charge is 0.480 e. The Labute approximate surface area is 122 Å². The number of carbonyl (C=O) groups is 2. The van der Waals surface area contributed by atoms with Gasteiger partial charge in [-0.15, -0.1) is 0 Å². The fraction of sp³-hybridized carbons (Fsp3) is 0.467. The molecule has 2 N–H and O–H groups in total.